The molecule has 0 unspecified atom stereocenters. The third kappa shape index (κ3) is 4.29. The smallest absolute Gasteiger partial charge is 0.339 e. The number of hydrogen-bond acceptors (Lipinski definition) is 5. The molecule has 2 N–H and O–H groups in total. The van der Waals surface area contributed by atoms with E-state index in [1.54, 1.807) is 42.6 Å². The number of amides is 1. The number of anilines is 2. The summed E-state index contributed by atoms with van der Waals surface area (Å²) in [6, 6.07) is 10.2. The third-order valence-electron chi connectivity index (χ3n) is 3.15. The summed E-state index contributed by atoms with van der Waals surface area (Å²) in [6.45, 7) is 2.61. The maximum absolute atomic E-state index is 12.0. The molecule has 2 rings (SSSR count). The van der Waals surface area contributed by atoms with Crippen LogP contribution in [0.1, 0.15) is 34.1 Å². The number of nitrogens with zero attached hydrogens (tertiary/aromatic N) is 1. The Balaban J connectivity index is 2.21. The molecule has 6 nitrogen and oxygen atoms in total. The number of benzene rings is 1. The Kier molecular flexibility index (Phi) is 5.68. The first-order chi connectivity index (χ1) is 11.2. The van der Waals surface area contributed by atoms with Gasteiger partial charge in [0.05, 0.1) is 18.4 Å². The highest BCUT2D eigenvalue weighted by Gasteiger charge is 2.12. The van der Waals surface area contributed by atoms with Gasteiger partial charge in [-0.15, -0.1) is 0 Å². The summed E-state index contributed by atoms with van der Waals surface area (Å²) in [5.41, 5.74) is 1.47. The van der Waals surface area contributed by atoms with E-state index in [0.717, 1.165) is 6.42 Å². The average Bonchev–Trinajstić information content (AvgIpc) is 2.59. The molecule has 120 valence electrons. The van der Waals surface area contributed by atoms with Crippen molar-refractivity contribution in [3.8, 4) is 0 Å². The van der Waals surface area contributed by atoms with Crippen LogP contribution in [0.2, 0.25) is 0 Å². The zero-order valence-corrected chi connectivity index (χ0v) is 13.1. The minimum Gasteiger partial charge on any atom is -0.465 e. The normalized spacial score (nSPS) is 10.0. The highest BCUT2D eigenvalue weighted by Crippen LogP contribution is 2.20. The lowest BCUT2D eigenvalue weighted by Crippen LogP contribution is -2.24. The maximum atomic E-state index is 12.0. The number of carbonyl (C=O) groups excluding carboxylic acids is 2. The lowest BCUT2D eigenvalue weighted by molar-refractivity contribution is 0.0601. The number of para-hydroxylation sites is 1. The van der Waals surface area contributed by atoms with Crippen LogP contribution in [0.15, 0.2) is 42.6 Å². The predicted molar refractivity (Wildman–Crippen MR) is 87.9 cm³/mol. The van der Waals surface area contributed by atoms with E-state index in [-0.39, 0.29) is 5.91 Å². The van der Waals surface area contributed by atoms with Crippen LogP contribution in [-0.2, 0) is 4.74 Å². The molecule has 1 aromatic heterocycles. The monoisotopic (exact) mass is 313 g/mol. The van der Waals surface area contributed by atoms with E-state index < -0.39 is 5.97 Å². The molecule has 0 aliphatic carbocycles. The van der Waals surface area contributed by atoms with Crippen molar-refractivity contribution in [3.63, 3.8) is 0 Å². The predicted octanol–water partition coefficient (Wildman–Crippen LogP) is 2.75. The van der Waals surface area contributed by atoms with Crippen LogP contribution >= 0.6 is 0 Å². The van der Waals surface area contributed by atoms with E-state index in [0.29, 0.717) is 29.2 Å². The number of carbonyl (C=O) groups is 2. The summed E-state index contributed by atoms with van der Waals surface area (Å²) in [5.74, 6) is -0.117. The van der Waals surface area contributed by atoms with Crippen LogP contribution in [0.4, 0.5) is 11.5 Å². The van der Waals surface area contributed by atoms with Crippen molar-refractivity contribution >= 4 is 23.4 Å². The number of hydrogen-bond donors (Lipinski definition) is 2. The van der Waals surface area contributed by atoms with E-state index in [1.807, 2.05) is 6.92 Å². The van der Waals surface area contributed by atoms with Crippen molar-refractivity contribution < 1.29 is 14.3 Å². The van der Waals surface area contributed by atoms with Gasteiger partial charge < -0.3 is 15.4 Å². The molecule has 0 saturated heterocycles. The summed E-state index contributed by atoms with van der Waals surface area (Å²) in [4.78, 5) is 27.9. The largest absolute Gasteiger partial charge is 0.465 e. The van der Waals surface area contributed by atoms with Crippen LogP contribution in [0.25, 0.3) is 0 Å². The molecule has 0 atom stereocenters. The maximum Gasteiger partial charge on any atom is 0.339 e. The Morgan fingerprint density at radius 1 is 1.22 bits per heavy atom. The number of nitrogens with one attached hydrogen (secondary N) is 2. The van der Waals surface area contributed by atoms with Crippen LogP contribution in [0, 0.1) is 0 Å². The SMILES string of the molecule is CCCNC(=O)c1ccnc(Nc2ccccc2C(=O)OC)c1. The highest BCUT2D eigenvalue weighted by molar-refractivity contribution is 5.97. The van der Waals surface area contributed by atoms with Gasteiger partial charge in [-0.2, -0.15) is 0 Å². The van der Waals surface area contributed by atoms with Gasteiger partial charge in [0.15, 0.2) is 0 Å². The Hall–Kier alpha value is -2.89. The Morgan fingerprint density at radius 2 is 2.00 bits per heavy atom. The molecule has 0 radical (unpaired) electrons. The standard InChI is InChI=1S/C17H19N3O3/c1-3-9-19-16(21)12-8-10-18-15(11-12)20-14-7-5-4-6-13(14)17(22)23-2/h4-8,10-11H,3,9H2,1-2H3,(H,18,20)(H,19,21). The molecule has 0 aliphatic rings. The number of ether oxygens (including phenoxy) is 1. The molecular formula is C17H19N3O3. The molecule has 1 amide bonds. The van der Waals surface area contributed by atoms with Crippen molar-refractivity contribution in [2.24, 2.45) is 0 Å². The molecule has 0 aliphatic heterocycles. The van der Waals surface area contributed by atoms with Gasteiger partial charge in [0.25, 0.3) is 5.91 Å². The Labute approximate surface area is 134 Å². The fourth-order valence-electron chi connectivity index (χ4n) is 2.00. The molecule has 1 aromatic carbocycles. The van der Waals surface area contributed by atoms with Crippen molar-refractivity contribution in [2.75, 3.05) is 19.0 Å². The summed E-state index contributed by atoms with van der Waals surface area (Å²) in [5, 5.41) is 5.86. The number of aromatic nitrogens is 1. The lowest BCUT2D eigenvalue weighted by atomic mass is 10.1. The Bertz CT molecular complexity index is 701. The van der Waals surface area contributed by atoms with E-state index >= 15 is 0 Å². The molecule has 1 heterocycles. The van der Waals surface area contributed by atoms with Gasteiger partial charge in [0.2, 0.25) is 0 Å². The molecule has 0 saturated carbocycles. The summed E-state index contributed by atoms with van der Waals surface area (Å²) in [6.07, 6.45) is 2.42. The number of esters is 1. The van der Waals surface area contributed by atoms with Gasteiger partial charge in [-0.05, 0) is 30.7 Å². The van der Waals surface area contributed by atoms with Crippen molar-refractivity contribution in [2.45, 2.75) is 13.3 Å². The van der Waals surface area contributed by atoms with E-state index in [1.165, 1.54) is 7.11 Å². The van der Waals surface area contributed by atoms with Crippen LogP contribution in [0.5, 0.6) is 0 Å². The average molecular weight is 313 g/mol. The lowest BCUT2D eigenvalue weighted by Gasteiger charge is -2.11. The second kappa shape index (κ2) is 7.93. The molecule has 0 bridgehead atoms. The molecule has 0 fully saturated rings. The van der Waals surface area contributed by atoms with Crippen LogP contribution < -0.4 is 10.6 Å². The molecule has 23 heavy (non-hydrogen) atoms. The van der Waals surface area contributed by atoms with Gasteiger partial charge in [0, 0.05) is 18.3 Å². The third-order valence-corrected chi connectivity index (χ3v) is 3.15. The molecule has 6 heteroatoms. The number of methoxy groups -OCH3 is 1. The first-order valence-electron chi connectivity index (χ1n) is 7.34. The van der Waals surface area contributed by atoms with Crippen LogP contribution in [0.3, 0.4) is 0 Å². The van der Waals surface area contributed by atoms with Crippen LogP contribution in [-0.4, -0.2) is 30.5 Å². The summed E-state index contributed by atoms with van der Waals surface area (Å²) >= 11 is 0. The second-order valence-electron chi connectivity index (χ2n) is 4.85. The molecular weight excluding hydrogens is 294 g/mol. The molecule has 2 aromatic rings. The van der Waals surface area contributed by atoms with Crippen molar-refractivity contribution in [1.82, 2.24) is 10.3 Å². The van der Waals surface area contributed by atoms with Crippen molar-refractivity contribution in [1.29, 1.82) is 0 Å². The quantitative estimate of drug-likeness (QED) is 0.802. The Morgan fingerprint density at radius 3 is 2.74 bits per heavy atom. The van der Waals surface area contributed by atoms with E-state index in [4.69, 9.17) is 4.74 Å². The first kappa shape index (κ1) is 16.5. The highest BCUT2D eigenvalue weighted by atomic mass is 16.5. The fraction of sp³-hybridized carbons (Fsp3) is 0.235. The van der Waals surface area contributed by atoms with Gasteiger partial charge in [-0.3, -0.25) is 4.79 Å². The first-order valence-corrected chi connectivity index (χ1v) is 7.34. The minimum absolute atomic E-state index is 0.154. The second-order valence-corrected chi connectivity index (χ2v) is 4.85. The van der Waals surface area contributed by atoms with Crippen molar-refractivity contribution in [3.05, 3.63) is 53.7 Å². The fourth-order valence-corrected chi connectivity index (χ4v) is 2.00. The van der Waals surface area contributed by atoms with E-state index in [9.17, 15) is 9.59 Å². The topological polar surface area (TPSA) is 80.3 Å². The summed E-state index contributed by atoms with van der Waals surface area (Å²) in [7, 11) is 1.33. The van der Waals surface area contributed by atoms with Gasteiger partial charge in [-0.25, -0.2) is 9.78 Å². The van der Waals surface area contributed by atoms with E-state index in [2.05, 4.69) is 15.6 Å². The van der Waals surface area contributed by atoms with Gasteiger partial charge >= 0.3 is 5.97 Å². The zero-order chi connectivity index (χ0) is 16.7. The number of pyridine rings is 1. The minimum atomic E-state index is -0.440. The number of rotatable bonds is 6. The van der Waals surface area contributed by atoms with Gasteiger partial charge in [-0.1, -0.05) is 19.1 Å². The molecule has 0 spiro atoms. The van der Waals surface area contributed by atoms with Gasteiger partial charge in [0.1, 0.15) is 5.82 Å². The zero-order valence-electron chi connectivity index (χ0n) is 13.1. The summed E-state index contributed by atoms with van der Waals surface area (Å²) < 4.78 is 4.76.